The highest BCUT2D eigenvalue weighted by Gasteiger charge is 2.06. The van der Waals surface area contributed by atoms with Gasteiger partial charge in [0.25, 0.3) is 5.91 Å². The van der Waals surface area contributed by atoms with Gasteiger partial charge in [0, 0.05) is 5.56 Å². The zero-order valence-corrected chi connectivity index (χ0v) is 13.3. The van der Waals surface area contributed by atoms with E-state index >= 15 is 0 Å². The Labute approximate surface area is 135 Å². The third-order valence-electron chi connectivity index (χ3n) is 3.08. The minimum absolute atomic E-state index is 0.0811. The molecule has 0 aromatic heterocycles. The van der Waals surface area contributed by atoms with Crippen molar-refractivity contribution in [3.8, 4) is 5.75 Å². The molecule has 4 nitrogen and oxygen atoms in total. The summed E-state index contributed by atoms with van der Waals surface area (Å²) in [5, 5.41) is 4.03. The molecule has 0 aliphatic rings. The summed E-state index contributed by atoms with van der Waals surface area (Å²) in [4.78, 5) is 12.0. The van der Waals surface area contributed by atoms with Crippen LogP contribution in [0.1, 0.15) is 36.7 Å². The van der Waals surface area contributed by atoms with E-state index in [9.17, 15) is 9.18 Å². The molecule has 0 saturated heterocycles. The zero-order valence-electron chi connectivity index (χ0n) is 13.3. The van der Waals surface area contributed by atoms with E-state index in [0.29, 0.717) is 17.0 Å². The van der Waals surface area contributed by atoms with E-state index in [1.807, 2.05) is 13.8 Å². The maximum atomic E-state index is 12.9. The van der Waals surface area contributed by atoms with Gasteiger partial charge in [0.15, 0.2) is 0 Å². The SMILES string of the molecule is C/C(=N/NC(=O)c1ccc(OC(C)C)cc1)c1ccc(F)cc1. The Kier molecular flexibility index (Phi) is 5.46. The Morgan fingerprint density at radius 1 is 1.04 bits per heavy atom. The molecule has 120 valence electrons. The molecule has 0 bridgehead atoms. The standard InChI is InChI=1S/C18H19FN2O2/c1-12(2)23-17-10-6-15(7-11-17)18(22)21-20-13(3)14-4-8-16(19)9-5-14/h4-12H,1-3H3,(H,21,22)/b20-13-. The highest BCUT2D eigenvalue weighted by molar-refractivity contribution is 6.00. The molecule has 5 heteroatoms. The van der Waals surface area contributed by atoms with Crippen LogP contribution < -0.4 is 10.2 Å². The number of nitrogens with one attached hydrogen (secondary N) is 1. The van der Waals surface area contributed by atoms with E-state index < -0.39 is 0 Å². The summed E-state index contributed by atoms with van der Waals surface area (Å²) >= 11 is 0. The van der Waals surface area contributed by atoms with Crippen LogP contribution in [0.3, 0.4) is 0 Å². The second-order valence-electron chi connectivity index (χ2n) is 5.34. The molecule has 0 radical (unpaired) electrons. The number of hydrazone groups is 1. The molecule has 2 rings (SSSR count). The van der Waals surface area contributed by atoms with Gasteiger partial charge in [0.2, 0.25) is 0 Å². The van der Waals surface area contributed by atoms with Crippen molar-refractivity contribution in [1.29, 1.82) is 0 Å². The molecule has 0 atom stereocenters. The fraction of sp³-hybridized carbons (Fsp3) is 0.222. The lowest BCUT2D eigenvalue weighted by molar-refractivity contribution is 0.0955. The van der Waals surface area contributed by atoms with Crippen LogP contribution in [0.4, 0.5) is 4.39 Å². The smallest absolute Gasteiger partial charge is 0.271 e. The van der Waals surface area contributed by atoms with Crippen molar-refractivity contribution in [1.82, 2.24) is 5.43 Å². The van der Waals surface area contributed by atoms with E-state index in [0.717, 1.165) is 5.56 Å². The zero-order chi connectivity index (χ0) is 16.8. The second kappa shape index (κ2) is 7.54. The van der Waals surface area contributed by atoms with Gasteiger partial charge in [-0.05, 0) is 62.7 Å². The minimum Gasteiger partial charge on any atom is -0.491 e. The van der Waals surface area contributed by atoms with Gasteiger partial charge >= 0.3 is 0 Å². The number of benzene rings is 2. The normalized spacial score (nSPS) is 11.4. The fourth-order valence-corrected chi connectivity index (χ4v) is 1.91. The van der Waals surface area contributed by atoms with Crippen LogP contribution >= 0.6 is 0 Å². The van der Waals surface area contributed by atoms with Gasteiger partial charge in [-0.2, -0.15) is 5.10 Å². The predicted molar refractivity (Wildman–Crippen MR) is 88.3 cm³/mol. The van der Waals surface area contributed by atoms with Crippen molar-refractivity contribution in [2.45, 2.75) is 26.9 Å². The Morgan fingerprint density at radius 2 is 1.61 bits per heavy atom. The largest absolute Gasteiger partial charge is 0.491 e. The van der Waals surface area contributed by atoms with Gasteiger partial charge in [-0.1, -0.05) is 12.1 Å². The summed E-state index contributed by atoms with van der Waals surface area (Å²) in [6.45, 7) is 5.62. The van der Waals surface area contributed by atoms with E-state index in [2.05, 4.69) is 10.5 Å². The third-order valence-corrected chi connectivity index (χ3v) is 3.08. The monoisotopic (exact) mass is 314 g/mol. The summed E-state index contributed by atoms with van der Waals surface area (Å²) in [5.41, 5.74) is 4.31. The van der Waals surface area contributed by atoms with Crippen molar-refractivity contribution in [2.75, 3.05) is 0 Å². The van der Waals surface area contributed by atoms with Crippen LogP contribution in [0.5, 0.6) is 5.75 Å². The second-order valence-corrected chi connectivity index (χ2v) is 5.34. The van der Waals surface area contributed by atoms with Gasteiger partial charge in [-0.3, -0.25) is 4.79 Å². The quantitative estimate of drug-likeness (QED) is 0.674. The van der Waals surface area contributed by atoms with E-state index in [-0.39, 0.29) is 17.8 Å². The molecule has 23 heavy (non-hydrogen) atoms. The number of carbonyl (C=O) groups is 1. The first kappa shape index (κ1) is 16.7. The molecule has 0 unspecified atom stereocenters. The van der Waals surface area contributed by atoms with Crippen molar-refractivity contribution < 1.29 is 13.9 Å². The van der Waals surface area contributed by atoms with Crippen LogP contribution in [0.25, 0.3) is 0 Å². The van der Waals surface area contributed by atoms with Crippen molar-refractivity contribution in [3.63, 3.8) is 0 Å². The Morgan fingerprint density at radius 3 is 2.17 bits per heavy atom. The number of halogens is 1. The van der Waals surface area contributed by atoms with Gasteiger partial charge in [0.1, 0.15) is 11.6 Å². The summed E-state index contributed by atoms with van der Waals surface area (Å²) in [5.74, 6) is 0.0828. The molecule has 1 N–H and O–H groups in total. The third kappa shape index (κ3) is 4.92. The molecule has 2 aromatic rings. The number of ether oxygens (including phenoxy) is 1. The number of carbonyl (C=O) groups excluding carboxylic acids is 1. The number of nitrogens with zero attached hydrogens (tertiary/aromatic N) is 1. The maximum absolute atomic E-state index is 12.9. The first-order valence-electron chi connectivity index (χ1n) is 7.33. The van der Waals surface area contributed by atoms with Crippen molar-refractivity contribution >= 4 is 11.6 Å². The van der Waals surface area contributed by atoms with Crippen LogP contribution in [0, 0.1) is 5.82 Å². The Balaban J connectivity index is 2.01. The minimum atomic E-state index is -0.317. The highest BCUT2D eigenvalue weighted by atomic mass is 19.1. The molecular weight excluding hydrogens is 295 g/mol. The van der Waals surface area contributed by atoms with Crippen LogP contribution in [0.2, 0.25) is 0 Å². The maximum Gasteiger partial charge on any atom is 0.271 e. The molecule has 0 saturated carbocycles. The van der Waals surface area contributed by atoms with E-state index in [1.165, 1.54) is 12.1 Å². The van der Waals surface area contributed by atoms with E-state index in [4.69, 9.17) is 4.74 Å². The predicted octanol–water partition coefficient (Wildman–Crippen LogP) is 3.77. The summed E-state index contributed by atoms with van der Waals surface area (Å²) in [6, 6.07) is 12.8. The van der Waals surface area contributed by atoms with Crippen LogP contribution in [-0.2, 0) is 0 Å². The summed E-state index contributed by atoms with van der Waals surface area (Å²) in [6.07, 6.45) is 0.0811. The highest BCUT2D eigenvalue weighted by Crippen LogP contribution is 2.13. The molecular formula is C18H19FN2O2. The number of amides is 1. The lowest BCUT2D eigenvalue weighted by atomic mass is 10.1. The Hall–Kier alpha value is -2.69. The first-order chi connectivity index (χ1) is 11.0. The average Bonchev–Trinajstić information content (AvgIpc) is 2.53. The van der Waals surface area contributed by atoms with Gasteiger partial charge in [-0.15, -0.1) is 0 Å². The topological polar surface area (TPSA) is 50.7 Å². The molecule has 1 amide bonds. The van der Waals surface area contributed by atoms with Crippen molar-refractivity contribution in [3.05, 3.63) is 65.5 Å². The molecule has 0 spiro atoms. The Bertz CT molecular complexity index is 692. The molecule has 0 fully saturated rings. The van der Waals surface area contributed by atoms with Crippen LogP contribution in [-0.4, -0.2) is 17.7 Å². The molecule has 0 heterocycles. The lowest BCUT2D eigenvalue weighted by Crippen LogP contribution is -2.19. The summed E-state index contributed by atoms with van der Waals surface area (Å²) < 4.78 is 18.4. The van der Waals surface area contributed by atoms with E-state index in [1.54, 1.807) is 43.3 Å². The van der Waals surface area contributed by atoms with Gasteiger partial charge in [0.05, 0.1) is 11.8 Å². The molecule has 0 aliphatic carbocycles. The lowest BCUT2D eigenvalue weighted by Gasteiger charge is -2.09. The van der Waals surface area contributed by atoms with Gasteiger partial charge in [-0.25, -0.2) is 9.82 Å². The van der Waals surface area contributed by atoms with Crippen LogP contribution in [0.15, 0.2) is 53.6 Å². The number of hydrogen-bond acceptors (Lipinski definition) is 3. The van der Waals surface area contributed by atoms with Crippen molar-refractivity contribution in [2.24, 2.45) is 5.10 Å². The fourth-order valence-electron chi connectivity index (χ4n) is 1.91. The number of rotatable bonds is 5. The number of hydrogen-bond donors (Lipinski definition) is 1. The van der Waals surface area contributed by atoms with Gasteiger partial charge < -0.3 is 4.74 Å². The molecule has 2 aromatic carbocycles. The first-order valence-corrected chi connectivity index (χ1v) is 7.33. The average molecular weight is 314 g/mol. The summed E-state index contributed by atoms with van der Waals surface area (Å²) in [7, 11) is 0. The molecule has 0 aliphatic heterocycles.